The molecule has 0 radical (unpaired) electrons. The van der Waals surface area contributed by atoms with Gasteiger partial charge in [0.15, 0.2) is 6.61 Å². The summed E-state index contributed by atoms with van der Waals surface area (Å²) in [7, 11) is 0. The molecule has 0 saturated heterocycles. The van der Waals surface area contributed by atoms with Crippen molar-refractivity contribution in [3.8, 4) is 22.6 Å². The van der Waals surface area contributed by atoms with Gasteiger partial charge in [0.25, 0.3) is 11.8 Å². The maximum Gasteiger partial charge on any atom is 0.276 e. The van der Waals surface area contributed by atoms with Crippen molar-refractivity contribution >= 4 is 29.2 Å². The highest BCUT2D eigenvalue weighted by atomic mass is 32.1. The number of aryl methyl sites for hydroxylation is 1. The average Bonchev–Trinajstić information content (AvgIpc) is 3.34. The molecule has 2 N–H and O–H groups in total. The van der Waals surface area contributed by atoms with Crippen LogP contribution < -0.4 is 20.3 Å². The van der Waals surface area contributed by atoms with Crippen LogP contribution in [0.2, 0.25) is 0 Å². The number of para-hydroxylation sites is 1. The molecule has 182 valence electrons. The quantitative estimate of drug-likeness (QED) is 0.252. The van der Waals surface area contributed by atoms with Gasteiger partial charge in [-0.05, 0) is 42.3 Å². The van der Waals surface area contributed by atoms with Crippen molar-refractivity contribution in [3.05, 3.63) is 107 Å². The average molecular weight is 500 g/mol. The van der Waals surface area contributed by atoms with Crippen molar-refractivity contribution in [1.29, 1.82) is 0 Å². The molecule has 0 fully saturated rings. The molecule has 0 aliphatic rings. The smallest absolute Gasteiger partial charge is 0.276 e. The Morgan fingerprint density at radius 2 is 1.67 bits per heavy atom. The van der Waals surface area contributed by atoms with Gasteiger partial charge in [-0.15, -0.1) is 11.3 Å². The molecule has 4 rings (SSSR count). The van der Waals surface area contributed by atoms with E-state index in [0.717, 1.165) is 27.4 Å². The molecule has 7 nitrogen and oxygen atoms in total. The molecule has 0 aliphatic carbocycles. The minimum absolute atomic E-state index is 0.240. The Labute approximate surface area is 213 Å². The van der Waals surface area contributed by atoms with Crippen LogP contribution in [0.25, 0.3) is 17.2 Å². The number of nitrogens with one attached hydrogen (secondary N) is 2. The van der Waals surface area contributed by atoms with E-state index in [9.17, 15) is 9.59 Å². The van der Waals surface area contributed by atoms with Crippen molar-refractivity contribution < 1.29 is 19.1 Å². The third-order valence-electron chi connectivity index (χ3n) is 5.02. The van der Waals surface area contributed by atoms with E-state index in [1.54, 1.807) is 23.5 Å². The number of benzene rings is 3. The molecule has 0 bridgehead atoms. The lowest BCUT2D eigenvalue weighted by atomic mass is 10.1. The lowest BCUT2D eigenvalue weighted by Gasteiger charge is -2.12. The number of hydrazine groups is 1. The summed E-state index contributed by atoms with van der Waals surface area (Å²) in [5, 5.41) is 2.98. The van der Waals surface area contributed by atoms with Gasteiger partial charge in [0.2, 0.25) is 0 Å². The summed E-state index contributed by atoms with van der Waals surface area (Å²) in [6.45, 7) is 2.12. The van der Waals surface area contributed by atoms with Crippen LogP contribution in [0.4, 0.5) is 0 Å². The van der Waals surface area contributed by atoms with E-state index in [2.05, 4.69) is 15.8 Å². The van der Waals surface area contributed by atoms with Gasteiger partial charge in [-0.3, -0.25) is 20.4 Å². The Kier molecular flexibility index (Phi) is 8.45. The molecule has 1 heterocycles. The number of carbonyl (C=O) groups is 2. The van der Waals surface area contributed by atoms with Crippen molar-refractivity contribution in [2.45, 2.75) is 13.5 Å². The molecule has 8 heteroatoms. The molecular weight excluding hydrogens is 474 g/mol. The predicted octanol–water partition coefficient (Wildman–Crippen LogP) is 4.94. The van der Waals surface area contributed by atoms with Gasteiger partial charge >= 0.3 is 0 Å². The molecule has 0 aliphatic heterocycles. The highest BCUT2D eigenvalue weighted by molar-refractivity contribution is 7.09. The van der Waals surface area contributed by atoms with E-state index in [1.165, 1.54) is 6.08 Å². The fraction of sp³-hybridized carbons (Fsp3) is 0.107. The van der Waals surface area contributed by atoms with E-state index in [4.69, 9.17) is 9.47 Å². The molecule has 3 aromatic carbocycles. The number of hydrogen-bond donors (Lipinski definition) is 2. The Hall–Kier alpha value is -4.43. The molecule has 0 saturated carbocycles. The van der Waals surface area contributed by atoms with Crippen LogP contribution in [0.5, 0.6) is 11.5 Å². The van der Waals surface area contributed by atoms with E-state index in [1.807, 2.05) is 85.1 Å². The molecule has 2 amide bonds. The predicted molar refractivity (Wildman–Crippen MR) is 140 cm³/mol. The summed E-state index contributed by atoms with van der Waals surface area (Å²) >= 11 is 1.59. The zero-order chi connectivity index (χ0) is 25.2. The molecule has 0 atom stereocenters. The third-order valence-corrected chi connectivity index (χ3v) is 5.84. The van der Waals surface area contributed by atoms with Gasteiger partial charge in [-0.1, -0.05) is 60.7 Å². The standard InChI is InChI=1S/C28H25N3O4S/c1-20-29-23(19-36-20)17-34-24-14-11-21(12-15-24)13-16-27(32)30-31-28(33)18-35-26-10-6-5-9-25(26)22-7-3-2-4-8-22/h2-16,19H,17-18H2,1H3,(H,30,32)(H,31,33)/b16-13+. The number of hydrogen-bond acceptors (Lipinski definition) is 6. The van der Waals surface area contributed by atoms with E-state index in [0.29, 0.717) is 18.1 Å². The number of nitrogens with zero attached hydrogens (tertiary/aromatic N) is 1. The van der Waals surface area contributed by atoms with Crippen LogP contribution in [0.3, 0.4) is 0 Å². The summed E-state index contributed by atoms with van der Waals surface area (Å²) in [6, 6.07) is 24.5. The van der Waals surface area contributed by atoms with Crippen LogP contribution in [0, 0.1) is 6.92 Å². The fourth-order valence-corrected chi connectivity index (χ4v) is 3.88. The summed E-state index contributed by atoms with van der Waals surface area (Å²) in [5.41, 5.74) is 8.28. The molecule has 1 aromatic heterocycles. The van der Waals surface area contributed by atoms with Crippen molar-refractivity contribution in [2.24, 2.45) is 0 Å². The van der Waals surface area contributed by atoms with Crippen LogP contribution in [-0.4, -0.2) is 23.4 Å². The van der Waals surface area contributed by atoms with Crippen LogP contribution >= 0.6 is 11.3 Å². The first kappa shape index (κ1) is 24.7. The second-order valence-electron chi connectivity index (χ2n) is 7.74. The van der Waals surface area contributed by atoms with Gasteiger partial charge < -0.3 is 9.47 Å². The summed E-state index contributed by atoms with van der Waals surface area (Å²) < 4.78 is 11.4. The number of thiazole rings is 1. The number of carbonyl (C=O) groups excluding carboxylic acids is 2. The normalized spacial score (nSPS) is 10.7. The maximum atomic E-state index is 12.2. The zero-order valence-corrected chi connectivity index (χ0v) is 20.5. The van der Waals surface area contributed by atoms with Crippen LogP contribution in [0.15, 0.2) is 90.3 Å². The first-order valence-corrected chi connectivity index (χ1v) is 12.1. The second kappa shape index (κ2) is 12.3. The van der Waals surface area contributed by atoms with Crippen molar-refractivity contribution in [3.63, 3.8) is 0 Å². The molecular formula is C28H25N3O4S. The fourth-order valence-electron chi connectivity index (χ4n) is 3.28. The lowest BCUT2D eigenvalue weighted by molar-refractivity contribution is -0.128. The lowest BCUT2D eigenvalue weighted by Crippen LogP contribution is -2.43. The summed E-state index contributed by atoms with van der Waals surface area (Å²) in [6.07, 6.45) is 2.97. The Morgan fingerprint density at radius 1 is 0.917 bits per heavy atom. The monoisotopic (exact) mass is 499 g/mol. The maximum absolute atomic E-state index is 12.2. The number of aromatic nitrogens is 1. The molecule has 36 heavy (non-hydrogen) atoms. The Morgan fingerprint density at radius 3 is 2.42 bits per heavy atom. The number of amides is 2. The van der Waals surface area contributed by atoms with Crippen molar-refractivity contribution in [1.82, 2.24) is 15.8 Å². The first-order valence-electron chi connectivity index (χ1n) is 11.2. The minimum Gasteiger partial charge on any atom is -0.487 e. The highest BCUT2D eigenvalue weighted by Gasteiger charge is 2.09. The van der Waals surface area contributed by atoms with Crippen molar-refractivity contribution in [2.75, 3.05) is 6.61 Å². The number of ether oxygens (including phenoxy) is 2. The van der Waals surface area contributed by atoms with E-state index in [-0.39, 0.29) is 6.61 Å². The highest BCUT2D eigenvalue weighted by Crippen LogP contribution is 2.29. The molecule has 4 aromatic rings. The SMILES string of the molecule is Cc1nc(COc2ccc(/C=C/C(=O)NNC(=O)COc3ccccc3-c3ccccc3)cc2)cs1. The Balaban J connectivity index is 1.20. The molecule has 0 unspecified atom stereocenters. The van der Waals surface area contributed by atoms with Gasteiger partial charge in [-0.2, -0.15) is 0 Å². The van der Waals surface area contributed by atoms with Gasteiger partial charge in [-0.25, -0.2) is 4.98 Å². The Bertz CT molecular complexity index is 1330. The van der Waals surface area contributed by atoms with E-state index < -0.39 is 11.8 Å². The summed E-state index contributed by atoms with van der Waals surface area (Å²) in [4.78, 5) is 28.6. The first-order chi connectivity index (χ1) is 17.6. The van der Waals surface area contributed by atoms with Gasteiger partial charge in [0, 0.05) is 17.0 Å². The minimum atomic E-state index is -0.476. The molecule has 0 spiro atoms. The number of rotatable bonds is 9. The van der Waals surface area contributed by atoms with Gasteiger partial charge in [0.05, 0.1) is 10.7 Å². The van der Waals surface area contributed by atoms with Gasteiger partial charge in [0.1, 0.15) is 18.1 Å². The van der Waals surface area contributed by atoms with Crippen LogP contribution in [-0.2, 0) is 16.2 Å². The second-order valence-corrected chi connectivity index (χ2v) is 8.80. The third kappa shape index (κ3) is 7.28. The zero-order valence-electron chi connectivity index (χ0n) is 19.6. The van der Waals surface area contributed by atoms with Crippen LogP contribution in [0.1, 0.15) is 16.3 Å². The summed E-state index contributed by atoms with van der Waals surface area (Å²) in [5.74, 6) is 0.353. The van der Waals surface area contributed by atoms with E-state index >= 15 is 0 Å². The largest absolute Gasteiger partial charge is 0.487 e. The topological polar surface area (TPSA) is 89.5 Å².